The standard InChI is InChI=1S/C15H23NO6S/c1-2-23(19,20)12-6-4-11(5-7-12)14(17)16-8-3-9-21-15(18)13-10-22-13/h2,11-13H,1,3-10H2,(H,16,17). The fourth-order valence-electron chi connectivity index (χ4n) is 2.67. The molecule has 2 fully saturated rings. The molecule has 0 bridgehead atoms. The molecule has 1 atom stereocenters. The van der Waals surface area contributed by atoms with Gasteiger partial charge in [-0.05, 0) is 32.1 Å². The number of rotatable bonds is 8. The van der Waals surface area contributed by atoms with Gasteiger partial charge in [-0.2, -0.15) is 0 Å². The number of sulfone groups is 1. The summed E-state index contributed by atoms with van der Waals surface area (Å²) in [4.78, 5) is 23.2. The second kappa shape index (κ2) is 7.92. The number of ether oxygens (including phenoxy) is 2. The number of amides is 1. The van der Waals surface area contributed by atoms with Gasteiger partial charge in [0, 0.05) is 17.9 Å². The Hall–Kier alpha value is -1.41. The highest BCUT2D eigenvalue weighted by molar-refractivity contribution is 7.94. The van der Waals surface area contributed by atoms with Gasteiger partial charge >= 0.3 is 5.97 Å². The van der Waals surface area contributed by atoms with E-state index in [-0.39, 0.29) is 24.4 Å². The average Bonchev–Trinajstić information content (AvgIpc) is 3.39. The lowest BCUT2D eigenvalue weighted by Crippen LogP contribution is -2.36. The normalized spacial score (nSPS) is 27.0. The van der Waals surface area contributed by atoms with Gasteiger partial charge in [-0.3, -0.25) is 4.79 Å². The van der Waals surface area contributed by atoms with E-state index in [1.54, 1.807) is 0 Å². The lowest BCUT2D eigenvalue weighted by atomic mass is 9.88. The van der Waals surface area contributed by atoms with E-state index in [0.29, 0.717) is 45.3 Å². The van der Waals surface area contributed by atoms with Gasteiger partial charge in [0.15, 0.2) is 15.9 Å². The predicted octanol–water partition coefficient (Wildman–Crippen LogP) is 0.552. The van der Waals surface area contributed by atoms with Crippen molar-refractivity contribution >= 4 is 21.7 Å². The molecule has 0 spiro atoms. The molecule has 0 radical (unpaired) electrons. The monoisotopic (exact) mass is 345 g/mol. The topological polar surface area (TPSA) is 102 Å². The molecule has 0 aromatic rings. The molecule has 1 amide bonds. The van der Waals surface area contributed by atoms with Crippen LogP contribution in [0.15, 0.2) is 12.0 Å². The van der Waals surface area contributed by atoms with E-state index in [4.69, 9.17) is 9.47 Å². The van der Waals surface area contributed by atoms with Crippen molar-refractivity contribution in [1.82, 2.24) is 5.32 Å². The minimum absolute atomic E-state index is 0.0590. The number of carbonyl (C=O) groups excluding carboxylic acids is 2. The zero-order valence-corrected chi connectivity index (χ0v) is 13.8. The van der Waals surface area contributed by atoms with Crippen molar-refractivity contribution in [3.63, 3.8) is 0 Å². The predicted molar refractivity (Wildman–Crippen MR) is 83.2 cm³/mol. The molecular formula is C15H23NO6S. The highest BCUT2D eigenvalue weighted by Gasteiger charge is 2.33. The molecule has 1 saturated carbocycles. The molecule has 2 aliphatic rings. The summed E-state index contributed by atoms with van der Waals surface area (Å²) in [5.41, 5.74) is 0. The smallest absolute Gasteiger partial charge is 0.337 e. The van der Waals surface area contributed by atoms with Crippen molar-refractivity contribution in [3.05, 3.63) is 12.0 Å². The highest BCUT2D eigenvalue weighted by atomic mass is 32.2. The first-order valence-electron chi connectivity index (χ1n) is 7.86. The molecule has 1 aliphatic heterocycles. The average molecular weight is 345 g/mol. The van der Waals surface area contributed by atoms with Crippen LogP contribution in [0.5, 0.6) is 0 Å². The summed E-state index contributed by atoms with van der Waals surface area (Å²) in [5, 5.41) is 3.40. The lowest BCUT2D eigenvalue weighted by Gasteiger charge is -2.26. The van der Waals surface area contributed by atoms with Crippen LogP contribution in [0.2, 0.25) is 0 Å². The number of carbonyl (C=O) groups is 2. The van der Waals surface area contributed by atoms with Crippen LogP contribution in [-0.2, 0) is 28.9 Å². The summed E-state index contributed by atoms with van der Waals surface area (Å²) in [6.45, 7) is 4.45. The fraction of sp³-hybridized carbons (Fsp3) is 0.733. The Labute approximate surface area is 136 Å². The van der Waals surface area contributed by atoms with E-state index in [0.717, 1.165) is 5.41 Å². The molecule has 0 aromatic carbocycles. The van der Waals surface area contributed by atoms with Crippen LogP contribution in [0.4, 0.5) is 0 Å². The minimum atomic E-state index is -3.23. The summed E-state index contributed by atoms with van der Waals surface area (Å²) in [6.07, 6.45) is 2.27. The van der Waals surface area contributed by atoms with E-state index >= 15 is 0 Å². The first-order chi connectivity index (χ1) is 10.9. The summed E-state index contributed by atoms with van der Waals surface area (Å²) >= 11 is 0. The van der Waals surface area contributed by atoms with Gasteiger partial charge in [0.05, 0.1) is 18.5 Å². The van der Waals surface area contributed by atoms with Gasteiger partial charge in [0.2, 0.25) is 5.91 Å². The van der Waals surface area contributed by atoms with Gasteiger partial charge in [-0.1, -0.05) is 6.58 Å². The van der Waals surface area contributed by atoms with E-state index in [9.17, 15) is 18.0 Å². The second-order valence-corrected chi connectivity index (χ2v) is 8.04. The Morgan fingerprint density at radius 1 is 1.26 bits per heavy atom. The molecule has 0 aromatic heterocycles. The van der Waals surface area contributed by atoms with Crippen LogP contribution in [0, 0.1) is 5.92 Å². The molecule has 8 heteroatoms. The van der Waals surface area contributed by atoms with Crippen LogP contribution in [-0.4, -0.2) is 51.4 Å². The lowest BCUT2D eigenvalue weighted by molar-refractivity contribution is -0.145. The maximum absolute atomic E-state index is 12.0. The number of hydrogen-bond donors (Lipinski definition) is 1. The van der Waals surface area contributed by atoms with Crippen molar-refractivity contribution < 1.29 is 27.5 Å². The third kappa shape index (κ3) is 5.31. The molecule has 1 heterocycles. The van der Waals surface area contributed by atoms with Crippen molar-refractivity contribution in [2.75, 3.05) is 19.8 Å². The summed E-state index contributed by atoms with van der Waals surface area (Å²) in [6, 6.07) is 0. The molecule has 1 unspecified atom stereocenters. The molecule has 23 heavy (non-hydrogen) atoms. The van der Waals surface area contributed by atoms with Crippen molar-refractivity contribution in [3.8, 4) is 0 Å². The van der Waals surface area contributed by atoms with E-state index < -0.39 is 21.2 Å². The van der Waals surface area contributed by atoms with Gasteiger partial charge in [0.1, 0.15) is 0 Å². The Morgan fingerprint density at radius 2 is 1.91 bits per heavy atom. The van der Waals surface area contributed by atoms with Gasteiger partial charge in [0.25, 0.3) is 0 Å². The minimum Gasteiger partial charge on any atom is -0.464 e. The summed E-state index contributed by atoms with van der Waals surface area (Å²) in [7, 11) is -3.23. The maximum atomic E-state index is 12.0. The van der Waals surface area contributed by atoms with E-state index in [1.807, 2.05) is 0 Å². The Kier molecular flexibility index (Phi) is 6.17. The van der Waals surface area contributed by atoms with Crippen LogP contribution in [0.25, 0.3) is 0 Å². The number of nitrogens with one attached hydrogen (secondary N) is 1. The third-order valence-corrected chi connectivity index (χ3v) is 6.07. The first-order valence-corrected chi connectivity index (χ1v) is 9.47. The largest absolute Gasteiger partial charge is 0.464 e. The SMILES string of the molecule is C=CS(=O)(=O)C1CCC(C(=O)NCCCOC(=O)C2CO2)CC1. The molecular weight excluding hydrogens is 322 g/mol. The molecule has 7 nitrogen and oxygen atoms in total. The van der Waals surface area contributed by atoms with Gasteiger partial charge in [-0.15, -0.1) is 0 Å². The van der Waals surface area contributed by atoms with Crippen molar-refractivity contribution in [2.45, 2.75) is 43.5 Å². The Bertz CT molecular complexity index is 546. The maximum Gasteiger partial charge on any atom is 0.337 e. The molecule has 1 saturated heterocycles. The number of epoxide rings is 1. The van der Waals surface area contributed by atoms with Crippen LogP contribution >= 0.6 is 0 Å². The van der Waals surface area contributed by atoms with Gasteiger partial charge < -0.3 is 14.8 Å². The van der Waals surface area contributed by atoms with Crippen LogP contribution in [0.1, 0.15) is 32.1 Å². The van der Waals surface area contributed by atoms with E-state index in [1.165, 1.54) is 0 Å². The highest BCUT2D eigenvalue weighted by Crippen LogP contribution is 2.29. The van der Waals surface area contributed by atoms with Gasteiger partial charge in [-0.25, -0.2) is 13.2 Å². The van der Waals surface area contributed by atoms with Crippen molar-refractivity contribution in [1.29, 1.82) is 0 Å². The van der Waals surface area contributed by atoms with Crippen LogP contribution in [0.3, 0.4) is 0 Å². The number of esters is 1. The third-order valence-electron chi connectivity index (χ3n) is 4.20. The Morgan fingerprint density at radius 3 is 2.48 bits per heavy atom. The first kappa shape index (κ1) is 17.9. The quantitative estimate of drug-likeness (QED) is 0.392. The molecule has 130 valence electrons. The molecule has 2 rings (SSSR count). The summed E-state index contributed by atoms with van der Waals surface area (Å²) < 4.78 is 33.2. The number of hydrogen-bond acceptors (Lipinski definition) is 6. The Balaban J connectivity index is 1.59. The van der Waals surface area contributed by atoms with Crippen molar-refractivity contribution in [2.24, 2.45) is 5.92 Å². The van der Waals surface area contributed by atoms with Crippen LogP contribution < -0.4 is 5.32 Å². The zero-order chi connectivity index (χ0) is 16.9. The fourth-order valence-corrected chi connectivity index (χ4v) is 3.87. The summed E-state index contributed by atoms with van der Waals surface area (Å²) in [5.74, 6) is -0.553. The molecule has 1 aliphatic carbocycles. The van der Waals surface area contributed by atoms with E-state index in [2.05, 4.69) is 11.9 Å². The second-order valence-electron chi connectivity index (χ2n) is 5.86. The zero-order valence-electron chi connectivity index (χ0n) is 13.0. The molecule has 1 N–H and O–H groups in total.